The van der Waals surface area contributed by atoms with Crippen molar-refractivity contribution in [2.75, 3.05) is 12.4 Å². The molecule has 0 aliphatic carbocycles. The highest BCUT2D eigenvalue weighted by Gasteiger charge is 2.48. The van der Waals surface area contributed by atoms with E-state index in [-0.39, 0.29) is 0 Å². The second-order valence-corrected chi connectivity index (χ2v) is 6.29. The van der Waals surface area contributed by atoms with Crippen LogP contribution in [0.4, 0.5) is 0 Å². The summed E-state index contributed by atoms with van der Waals surface area (Å²) in [6, 6.07) is -0.821. The summed E-state index contributed by atoms with van der Waals surface area (Å²) in [4.78, 5) is 21.0. The molecular weight excluding hydrogens is 314 g/mol. The molecule has 0 radical (unpaired) electrons. The monoisotopic (exact) mass is 335 g/mol. The lowest BCUT2D eigenvalue weighted by Gasteiger charge is -2.40. The van der Waals surface area contributed by atoms with E-state index < -0.39 is 47.8 Å². The number of hydrogen-bond acceptors (Lipinski definition) is 7. The highest BCUT2D eigenvalue weighted by molar-refractivity contribution is 8.01. The first-order valence-electron chi connectivity index (χ1n) is 6.76. The molecule has 0 aromatic rings. The summed E-state index contributed by atoms with van der Waals surface area (Å²) in [5.74, 6) is -1.22. The molecule has 0 saturated carbocycles. The number of aliphatic hydroxyl groups is 3. The van der Waals surface area contributed by atoms with E-state index in [1.807, 2.05) is 0 Å². The average Bonchev–Trinajstić information content (AvgIpc) is 2.46. The van der Waals surface area contributed by atoms with E-state index in [1.165, 1.54) is 19.1 Å². The number of hydrogen-bond donors (Lipinski definition) is 5. The smallest absolute Gasteiger partial charge is 0.350 e. The summed E-state index contributed by atoms with van der Waals surface area (Å²) in [5.41, 5.74) is 0. The molecule has 1 amide bonds. The number of aliphatic carboxylic acids is 1. The lowest BCUT2D eigenvalue weighted by molar-refractivity contribution is -0.170. The predicted octanol–water partition coefficient (Wildman–Crippen LogP) is -1.31. The number of carbonyl (C=O) groups is 2. The van der Waals surface area contributed by atoms with Gasteiger partial charge in [-0.15, -0.1) is 11.8 Å². The van der Waals surface area contributed by atoms with Crippen LogP contribution in [0.15, 0.2) is 12.2 Å². The van der Waals surface area contributed by atoms with Gasteiger partial charge < -0.3 is 30.5 Å². The van der Waals surface area contributed by atoms with Gasteiger partial charge in [0, 0.05) is 6.92 Å². The SMILES string of the molecule is CCS[C@]1(C(=O)O)C=C[C@@H](NC(C)=O)[C@H]([C@H](O)[C@H](O)CO)O1. The Kier molecular flexibility index (Phi) is 6.82. The second kappa shape index (κ2) is 7.93. The molecule has 0 aromatic carbocycles. The zero-order valence-electron chi connectivity index (χ0n) is 12.3. The van der Waals surface area contributed by atoms with Crippen LogP contribution in [0.2, 0.25) is 0 Å². The summed E-state index contributed by atoms with van der Waals surface area (Å²) in [6.07, 6.45) is -1.58. The van der Waals surface area contributed by atoms with Crippen LogP contribution in [0.5, 0.6) is 0 Å². The van der Waals surface area contributed by atoms with Gasteiger partial charge in [0.15, 0.2) is 0 Å². The number of ether oxygens (including phenoxy) is 1. The molecule has 5 N–H and O–H groups in total. The van der Waals surface area contributed by atoms with E-state index in [0.29, 0.717) is 5.75 Å². The predicted molar refractivity (Wildman–Crippen MR) is 79.2 cm³/mol. The lowest BCUT2D eigenvalue weighted by atomic mass is 9.97. The number of carboxylic acids is 1. The Balaban J connectivity index is 3.13. The van der Waals surface area contributed by atoms with Crippen molar-refractivity contribution in [3.05, 3.63) is 12.2 Å². The Labute approximate surface area is 132 Å². The maximum atomic E-state index is 11.5. The first kappa shape index (κ1) is 18.9. The van der Waals surface area contributed by atoms with Gasteiger partial charge >= 0.3 is 5.97 Å². The van der Waals surface area contributed by atoms with Crippen LogP contribution in [0.25, 0.3) is 0 Å². The molecule has 0 bridgehead atoms. The van der Waals surface area contributed by atoms with Crippen LogP contribution in [-0.4, -0.2) is 73.9 Å². The average molecular weight is 335 g/mol. The van der Waals surface area contributed by atoms with E-state index >= 15 is 0 Å². The quantitative estimate of drug-likeness (QED) is 0.362. The largest absolute Gasteiger partial charge is 0.478 e. The molecule has 5 atom stereocenters. The van der Waals surface area contributed by atoms with Gasteiger partial charge in [0.2, 0.25) is 10.8 Å². The van der Waals surface area contributed by atoms with Crippen molar-refractivity contribution < 1.29 is 34.8 Å². The van der Waals surface area contributed by atoms with Gasteiger partial charge in [0.05, 0.1) is 12.6 Å². The molecule has 126 valence electrons. The van der Waals surface area contributed by atoms with Gasteiger partial charge in [-0.3, -0.25) is 4.79 Å². The molecule has 0 unspecified atom stereocenters. The third kappa shape index (κ3) is 4.20. The van der Waals surface area contributed by atoms with Gasteiger partial charge in [0.25, 0.3) is 0 Å². The molecule has 8 nitrogen and oxygen atoms in total. The molecule has 1 rings (SSSR count). The third-order valence-electron chi connectivity index (χ3n) is 3.13. The van der Waals surface area contributed by atoms with Crippen molar-refractivity contribution in [3.63, 3.8) is 0 Å². The second-order valence-electron chi connectivity index (χ2n) is 4.81. The van der Waals surface area contributed by atoms with Crippen molar-refractivity contribution in [3.8, 4) is 0 Å². The first-order chi connectivity index (χ1) is 10.3. The number of thioether (sulfide) groups is 1. The summed E-state index contributed by atoms with van der Waals surface area (Å²) < 4.78 is 5.51. The first-order valence-corrected chi connectivity index (χ1v) is 7.74. The molecule has 1 aliphatic heterocycles. The van der Waals surface area contributed by atoms with Crippen LogP contribution < -0.4 is 5.32 Å². The zero-order chi connectivity index (χ0) is 16.9. The van der Waals surface area contributed by atoms with E-state index in [2.05, 4.69) is 5.32 Å². The normalized spacial score (nSPS) is 30.6. The zero-order valence-corrected chi connectivity index (χ0v) is 13.1. The standard InChI is InChI=1S/C13H21NO7S/c1-3-22-13(12(19)20)5-4-8(14-7(2)16)11(21-13)10(18)9(17)6-15/h4-5,8-11,15,17-18H,3,6H2,1-2H3,(H,14,16)(H,19,20)/t8-,9-,10-,11-,13+/m1/s1. The van der Waals surface area contributed by atoms with Crippen LogP contribution in [-0.2, 0) is 14.3 Å². The Morgan fingerprint density at radius 2 is 2.09 bits per heavy atom. The molecule has 1 heterocycles. The van der Waals surface area contributed by atoms with Crippen LogP contribution >= 0.6 is 11.8 Å². The molecule has 22 heavy (non-hydrogen) atoms. The number of rotatable bonds is 7. The van der Waals surface area contributed by atoms with Crippen molar-refractivity contribution in [2.24, 2.45) is 0 Å². The van der Waals surface area contributed by atoms with Crippen molar-refractivity contribution >= 4 is 23.6 Å². The Morgan fingerprint density at radius 3 is 2.55 bits per heavy atom. The van der Waals surface area contributed by atoms with E-state index in [9.17, 15) is 24.9 Å². The van der Waals surface area contributed by atoms with Crippen LogP contribution in [0, 0.1) is 0 Å². The Morgan fingerprint density at radius 1 is 1.45 bits per heavy atom. The van der Waals surface area contributed by atoms with Gasteiger partial charge in [-0.1, -0.05) is 13.0 Å². The fraction of sp³-hybridized carbons (Fsp3) is 0.692. The maximum Gasteiger partial charge on any atom is 0.350 e. The molecule has 9 heteroatoms. The number of amides is 1. The van der Waals surface area contributed by atoms with E-state index in [4.69, 9.17) is 9.84 Å². The summed E-state index contributed by atoms with van der Waals surface area (Å²) >= 11 is 0.993. The minimum atomic E-state index is -1.72. The summed E-state index contributed by atoms with van der Waals surface area (Å²) in [7, 11) is 0. The molecule has 0 fully saturated rings. The number of carbonyl (C=O) groups excluding carboxylic acids is 1. The lowest BCUT2D eigenvalue weighted by Crippen LogP contribution is -2.59. The molecule has 0 saturated heterocycles. The molecule has 0 spiro atoms. The van der Waals surface area contributed by atoms with Gasteiger partial charge in [-0.25, -0.2) is 4.79 Å². The van der Waals surface area contributed by atoms with Crippen LogP contribution in [0.1, 0.15) is 13.8 Å². The minimum absolute atomic E-state index is 0.403. The van der Waals surface area contributed by atoms with Crippen LogP contribution in [0.3, 0.4) is 0 Å². The fourth-order valence-corrected chi connectivity index (χ4v) is 3.01. The minimum Gasteiger partial charge on any atom is -0.478 e. The van der Waals surface area contributed by atoms with Gasteiger partial charge in [-0.05, 0) is 11.8 Å². The fourth-order valence-electron chi connectivity index (χ4n) is 2.11. The van der Waals surface area contributed by atoms with Crippen molar-refractivity contribution in [1.29, 1.82) is 0 Å². The number of nitrogens with one attached hydrogen (secondary N) is 1. The van der Waals surface area contributed by atoms with Crippen molar-refractivity contribution in [2.45, 2.75) is 43.1 Å². The molecule has 1 aliphatic rings. The summed E-state index contributed by atoms with van der Waals surface area (Å²) in [5, 5.41) is 40.5. The number of carboxylic acid groups (broad SMARTS) is 1. The maximum absolute atomic E-state index is 11.5. The Hall–Kier alpha value is -1.13. The highest BCUT2D eigenvalue weighted by atomic mass is 32.2. The van der Waals surface area contributed by atoms with E-state index in [0.717, 1.165) is 11.8 Å². The third-order valence-corrected chi connectivity index (χ3v) is 4.26. The van der Waals surface area contributed by atoms with Crippen molar-refractivity contribution in [1.82, 2.24) is 5.32 Å². The van der Waals surface area contributed by atoms with E-state index in [1.54, 1.807) is 6.92 Å². The van der Waals surface area contributed by atoms with Gasteiger partial charge in [-0.2, -0.15) is 0 Å². The molecular formula is C13H21NO7S. The van der Waals surface area contributed by atoms with Gasteiger partial charge in [0.1, 0.15) is 18.3 Å². The molecule has 0 aromatic heterocycles. The number of aliphatic hydroxyl groups excluding tert-OH is 3. The highest BCUT2D eigenvalue weighted by Crippen LogP contribution is 2.35. The summed E-state index contributed by atoms with van der Waals surface area (Å²) in [6.45, 7) is 2.29. The Bertz CT molecular complexity index is 444. The topological polar surface area (TPSA) is 136 Å².